The van der Waals surface area contributed by atoms with Crippen molar-refractivity contribution in [2.75, 3.05) is 11.9 Å². The van der Waals surface area contributed by atoms with Crippen molar-refractivity contribution in [3.05, 3.63) is 208 Å². The van der Waals surface area contributed by atoms with Crippen LogP contribution in [0.3, 0.4) is 0 Å². The van der Waals surface area contributed by atoms with Crippen LogP contribution < -0.4 is 5.32 Å². The lowest BCUT2D eigenvalue weighted by atomic mass is 9.88. The highest BCUT2D eigenvalue weighted by atomic mass is 32.1. The van der Waals surface area contributed by atoms with Crippen LogP contribution in [0.15, 0.2) is 170 Å². The molecule has 0 saturated carbocycles. The summed E-state index contributed by atoms with van der Waals surface area (Å²) in [5.41, 5.74) is 5.71. The van der Waals surface area contributed by atoms with Gasteiger partial charge in [-0.25, -0.2) is 4.79 Å². The summed E-state index contributed by atoms with van der Waals surface area (Å²) in [4.78, 5) is 14.8. The number of benzene rings is 6. The van der Waals surface area contributed by atoms with Crippen molar-refractivity contribution in [2.24, 2.45) is 0 Å². The van der Waals surface area contributed by atoms with Crippen LogP contribution in [0.25, 0.3) is 10.1 Å². The fourth-order valence-electron chi connectivity index (χ4n) is 7.85. The number of hydrogen-bond donors (Lipinski definition) is 1. The highest BCUT2D eigenvalue weighted by Crippen LogP contribution is 2.42. The van der Waals surface area contributed by atoms with Crippen LogP contribution in [-0.2, 0) is 61.3 Å². The molecule has 1 N–H and O–H groups in total. The van der Waals surface area contributed by atoms with Crippen molar-refractivity contribution < 1.29 is 33.2 Å². The van der Waals surface area contributed by atoms with Crippen molar-refractivity contribution in [2.45, 2.75) is 89.7 Å². The van der Waals surface area contributed by atoms with E-state index in [1.165, 1.54) is 15.0 Å². The third kappa shape index (κ3) is 12.3. The van der Waals surface area contributed by atoms with E-state index in [1.54, 1.807) is 11.3 Å². The Morgan fingerprint density at radius 2 is 1.11 bits per heavy atom. The lowest BCUT2D eigenvalue weighted by molar-refractivity contribution is -0.275. The number of ether oxygens (including phenoxy) is 6. The molecular weight excluding hydrogens is 807 g/mol. The minimum absolute atomic E-state index is 0.206. The van der Waals surface area contributed by atoms with Gasteiger partial charge in [0.15, 0.2) is 0 Å². The average Bonchev–Trinajstić information content (AvgIpc) is 3.71. The second-order valence-electron chi connectivity index (χ2n) is 16.9. The molecule has 324 valence electrons. The molecule has 6 aromatic carbocycles. The molecular formula is C54H55NO7S. The molecule has 0 spiro atoms. The normalized spacial score (nSPS) is 18.9. The lowest BCUT2D eigenvalue weighted by Crippen LogP contribution is -2.58. The molecule has 5 atom stereocenters. The molecule has 0 radical (unpaired) electrons. The second kappa shape index (κ2) is 21.1. The van der Waals surface area contributed by atoms with Gasteiger partial charge in [0, 0.05) is 27.2 Å². The summed E-state index contributed by atoms with van der Waals surface area (Å²) in [6.07, 6.45) is -3.22. The topological polar surface area (TPSA) is 84.5 Å². The number of nitrogens with one attached hydrogen (secondary N) is 1. The van der Waals surface area contributed by atoms with Gasteiger partial charge in [0.05, 0.1) is 33.0 Å². The summed E-state index contributed by atoms with van der Waals surface area (Å²) in [6.45, 7) is 7.06. The molecule has 1 aliphatic heterocycles. The van der Waals surface area contributed by atoms with E-state index in [2.05, 4.69) is 59.9 Å². The van der Waals surface area contributed by atoms with E-state index >= 15 is 0 Å². The predicted molar refractivity (Wildman–Crippen MR) is 250 cm³/mol. The summed E-state index contributed by atoms with van der Waals surface area (Å²) >= 11 is 1.78. The van der Waals surface area contributed by atoms with Crippen molar-refractivity contribution in [3.63, 3.8) is 0 Å². The Hall–Kier alpha value is -5.65. The lowest BCUT2D eigenvalue weighted by Gasteiger charge is -2.47. The average molecular weight is 862 g/mol. The van der Waals surface area contributed by atoms with Crippen molar-refractivity contribution >= 4 is 33.2 Å². The first-order chi connectivity index (χ1) is 30.7. The van der Waals surface area contributed by atoms with E-state index in [0.29, 0.717) is 31.9 Å². The third-order valence-corrected chi connectivity index (χ3v) is 11.9. The summed E-state index contributed by atoms with van der Waals surface area (Å²) in [5, 5.41) is 4.30. The van der Waals surface area contributed by atoms with Crippen LogP contribution in [0.1, 0.15) is 65.1 Å². The Morgan fingerprint density at radius 1 is 0.587 bits per heavy atom. The maximum atomic E-state index is 13.6. The Kier molecular flexibility index (Phi) is 14.8. The van der Waals surface area contributed by atoms with E-state index in [1.807, 2.05) is 136 Å². The van der Waals surface area contributed by atoms with Gasteiger partial charge in [0.25, 0.3) is 0 Å². The summed E-state index contributed by atoms with van der Waals surface area (Å²) < 4.78 is 41.9. The molecule has 0 unspecified atom stereocenters. The van der Waals surface area contributed by atoms with Gasteiger partial charge in [-0.2, -0.15) is 0 Å². The van der Waals surface area contributed by atoms with Crippen LogP contribution in [0, 0.1) is 0 Å². The van der Waals surface area contributed by atoms with Crippen LogP contribution in [0.5, 0.6) is 0 Å². The molecule has 1 aliphatic rings. The quantitative estimate of drug-likeness (QED) is 0.0976. The van der Waals surface area contributed by atoms with Crippen molar-refractivity contribution in [1.82, 2.24) is 0 Å². The largest absolute Gasteiger partial charge is 0.444 e. The molecule has 1 fully saturated rings. The minimum Gasteiger partial charge on any atom is -0.444 e. The van der Waals surface area contributed by atoms with Gasteiger partial charge in [-0.15, -0.1) is 11.3 Å². The monoisotopic (exact) mass is 861 g/mol. The number of carbonyl (C=O) groups is 1. The van der Waals surface area contributed by atoms with Crippen LogP contribution in [0.4, 0.5) is 10.5 Å². The molecule has 9 heteroatoms. The maximum Gasteiger partial charge on any atom is 0.412 e. The highest BCUT2D eigenvalue weighted by Gasteiger charge is 2.49. The van der Waals surface area contributed by atoms with Gasteiger partial charge in [-0.05, 0) is 72.2 Å². The summed E-state index contributed by atoms with van der Waals surface area (Å²) in [6, 6.07) is 57.2. The van der Waals surface area contributed by atoms with E-state index < -0.39 is 42.2 Å². The molecule has 0 aliphatic carbocycles. The van der Waals surface area contributed by atoms with Crippen LogP contribution >= 0.6 is 11.3 Å². The third-order valence-electron chi connectivity index (χ3n) is 10.8. The van der Waals surface area contributed by atoms with Gasteiger partial charge in [-0.1, -0.05) is 152 Å². The van der Waals surface area contributed by atoms with Gasteiger partial charge in [-0.3, -0.25) is 5.32 Å². The Morgan fingerprint density at radius 3 is 1.68 bits per heavy atom. The Balaban J connectivity index is 1.22. The first kappa shape index (κ1) is 44.0. The second-order valence-corrected chi connectivity index (χ2v) is 18.0. The van der Waals surface area contributed by atoms with E-state index in [0.717, 1.165) is 33.4 Å². The van der Waals surface area contributed by atoms with Crippen LogP contribution in [-0.4, -0.2) is 42.7 Å². The van der Waals surface area contributed by atoms with E-state index in [4.69, 9.17) is 28.4 Å². The zero-order valence-corrected chi connectivity index (χ0v) is 36.9. The van der Waals surface area contributed by atoms with Crippen molar-refractivity contribution in [3.8, 4) is 0 Å². The fraction of sp³-hybridized carbons (Fsp3) is 0.278. The standard InChI is InChI=1S/C54H55NO7S/c1-54(2,3)62-53(56)55-46-29-28-42(30-44-32-43-26-16-17-27-48(43)63-44)31-45(46)49-51(59-35-40-22-12-6-13-23-40)52(60-36-41-24-14-7-15-25-41)50(58-34-39-20-10-5-11-21-39)47(61-49)37-57-33-38-18-8-4-9-19-38/h4-29,31-32,47,49-52H,30,33-37H2,1-3H3,(H,55,56)/t47-,49+,50-,51+,52+/m1/s1. The number of carbonyl (C=O) groups excluding carboxylic acids is 1. The number of thiophene rings is 1. The molecule has 0 bridgehead atoms. The molecule has 7 aromatic rings. The van der Waals surface area contributed by atoms with Gasteiger partial charge in [0.1, 0.15) is 36.1 Å². The molecule has 63 heavy (non-hydrogen) atoms. The molecule has 8 rings (SSSR count). The minimum atomic E-state index is -0.747. The fourth-order valence-corrected chi connectivity index (χ4v) is 8.95. The number of hydrogen-bond acceptors (Lipinski definition) is 8. The van der Waals surface area contributed by atoms with E-state index in [-0.39, 0.29) is 13.2 Å². The molecule has 8 nitrogen and oxygen atoms in total. The van der Waals surface area contributed by atoms with Gasteiger partial charge in [0.2, 0.25) is 0 Å². The first-order valence-electron chi connectivity index (χ1n) is 21.6. The Bertz CT molecular complexity index is 2460. The summed E-state index contributed by atoms with van der Waals surface area (Å²) in [7, 11) is 0. The smallest absolute Gasteiger partial charge is 0.412 e. The first-order valence-corrected chi connectivity index (χ1v) is 22.4. The molecule has 1 aromatic heterocycles. The van der Waals surface area contributed by atoms with E-state index in [9.17, 15) is 4.79 Å². The Labute approximate surface area is 374 Å². The molecule has 1 saturated heterocycles. The number of amides is 1. The zero-order valence-electron chi connectivity index (χ0n) is 36.1. The number of fused-ring (bicyclic) bond motifs is 1. The molecule has 1 amide bonds. The van der Waals surface area contributed by atoms with Gasteiger partial charge >= 0.3 is 6.09 Å². The SMILES string of the molecule is CC(C)(C)OC(=O)Nc1ccc(Cc2cc3ccccc3s2)cc1[C@@H]1O[C@H](COCc2ccccc2)[C@@H](OCc2ccccc2)[C@H](OCc2ccccc2)[C@H]1OCc1ccccc1. The van der Waals surface area contributed by atoms with Gasteiger partial charge < -0.3 is 28.4 Å². The number of anilines is 1. The summed E-state index contributed by atoms with van der Waals surface area (Å²) in [5.74, 6) is 0. The maximum absolute atomic E-state index is 13.6. The van der Waals surface area contributed by atoms with Crippen LogP contribution in [0.2, 0.25) is 0 Å². The molecule has 2 heterocycles. The highest BCUT2D eigenvalue weighted by molar-refractivity contribution is 7.19. The predicted octanol–water partition coefficient (Wildman–Crippen LogP) is 12.3. The van der Waals surface area contributed by atoms with Crippen molar-refractivity contribution in [1.29, 1.82) is 0 Å². The zero-order chi connectivity index (χ0) is 43.4. The number of rotatable bonds is 17.